The Kier molecular flexibility index (Phi) is 7.18. The van der Waals surface area contributed by atoms with Gasteiger partial charge in [0.05, 0.1) is 10.3 Å². The summed E-state index contributed by atoms with van der Waals surface area (Å²) in [5.74, 6) is 0.877. The van der Waals surface area contributed by atoms with Gasteiger partial charge in [-0.15, -0.1) is 11.3 Å². The van der Waals surface area contributed by atoms with Crippen LogP contribution in [0.25, 0.3) is 0 Å². The number of hydrogen-bond acceptors (Lipinski definition) is 3. The van der Waals surface area contributed by atoms with E-state index in [-0.39, 0.29) is 6.03 Å². The first-order chi connectivity index (χ1) is 10.5. The van der Waals surface area contributed by atoms with Crippen molar-refractivity contribution >= 4 is 33.3 Å². The molecule has 0 bridgehead atoms. The minimum absolute atomic E-state index is 0.0109. The number of carbonyl (C=O) groups excluding carboxylic acids is 1. The highest BCUT2D eigenvalue weighted by atomic mass is 79.9. The number of nitrogens with zero attached hydrogens (tertiary/aromatic N) is 2. The summed E-state index contributed by atoms with van der Waals surface area (Å²) < 4.78 is 1.10. The van der Waals surface area contributed by atoms with Crippen LogP contribution in [0.15, 0.2) is 15.9 Å². The average molecular weight is 388 g/mol. The summed E-state index contributed by atoms with van der Waals surface area (Å²) in [6, 6.07) is 4.08. The van der Waals surface area contributed by atoms with Gasteiger partial charge in [-0.1, -0.05) is 6.92 Å². The van der Waals surface area contributed by atoms with E-state index >= 15 is 0 Å². The van der Waals surface area contributed by atoms with E-state index in [9.17, 15) is 4.79 Å². The molecule has 1 N–H and O–H groups in total. The molecule has 0 aromatic carbocycles. The van der Waals surface area contributed by atoms with Gasteiger partial charge in [0.15, 0.2) is 0 Å². The van der Waals surface area contributed by atoms with Crippen LogP contribution >= 0.6 is 27.3 Å². The number of likely N-dealkylation sites (tertiary alicyclic amines) is 1. The zero-order chi connectivity index (χ0) is 15.9. The fourth-order valence-electron chi connectivity index (χ4n) is 2.66. The molecule has 0 saturated carbocycles. The van der Waals surface area contributed by atoms with Gasteiger partial charge in [-0.3, -0.25) is 0 Å². The molecule has 2 heterocycles. The molecule has 6 heteroatoms. The number of carbonyl (C=O) groups is 1. The van der Waals surface area contributed by atoms with Crippen LogP contribution in [0, 0.1) is 5.92 Å². The normalized spacial score (nSPS) is 16.7. The van der Waals surface area contributed by atoms with Crippen molar-refractivity contribution in [2.45, 2.75) is 32.7 Å². The molecule has 0 radical (unpaired) electrons. The largest absolute Gasteiger partial charge is 0.338 e. The van der Waals surface area contributed by atoms with E-state index in [1.54, 1.807) is 16.2 Å². The SMILES string of the molecule is CC1CCN(CCCNC(=O)N(C)Cc2ccc(Br)s2)CC1. The summed E-state index contributed by atoms with van der Waals surface area (Å²) in [5, 5.41) is 3.01. The van der Waals surface area contributed by atoms with E-state index in [0.717, 1.165) is 29.2 Å². The fourth-order valence-corrected chi connectivity index (χ4v) is 4.20. The summed E-state index contributed by atoms with van der Waals surface area (Å²) in [5.41, 5.74) is 0. The van der Waals surface area contributed by atoms with Crippen LogP contribution in [0.4, 0.5) is 4.79 Å². The van der Waals surface area contributed by atoms with Crippen LogP contribution in [0.2, 0.25) is 0 Å². The zero-order valence-electron chi connectivity index (χ0n) is 13.5. The predicted molar refractivity (Wildman–Crippen MR) is 96.3 cm³/mol. The van der Waals surface area contributed by atoms with Crippen molar-refractivity contribution in [3.05, 3.63) is 20.8 Å². The van der Waals surface area contributed by atoms with Crippen LogP contribution in [0.5, 0.6) is 0 Å². The molecule has 22 heavy (non-hydrogen) atoms. The van der Waals surface area contributed by atoms with Crippen LogP contribution in [0.3, 0.4) is 0 Å². The third-order valence-electron chi connectivity index (χ3n) is 4.17. The van der Waals surface area contributed by atoms with E-state index < -0.39 is 0 Å². The van der Waals surface area contributed by atoms with Crippen molar-refractivity contribution in [3.8, 4) is 0 Å². The Balaban J connectivity index is 1.59. The van der Waals surface area contributed by atoms with Crippen molar-refractivity contribution in [3.63, 3.8) is 0 Å². The van der Waals surface area contributed by atoms with Gasteiger partial charge < -0.3 is 15.1 Å². The summed E-state index contributed by atoms with van der Waals surface area (Å²) >= 11 is 5.12. The Morgan fingerprint density at radius 3 is 2.82 bits per heavy atom. The van der Waals surface area contributed by atoms with Crippen molar-refractivity contribution in [1.29, 1.82) is 0 Å². The van der Waals surface area contributed by atoms with Gasteiger partial charge >= 0.3 is 6.03 Å². The Morgan fingerprint density at radius 2 is 2.18 bits per heavy atom. The molecular formula is C16H26BrN3OS. The molecule has 1 aliphatic rings. The molecule has 124 valence electrons. The minimum atomic E-state index is 0.0109. The maximum atomic E-state index is 12.0. The van der Waals surface area contributed by atoms with E-state index in [2.05, 4.69) is 39.1 Å². The Hall–Kier alpha value is -0.590. The Labute approximate surface area is 146 Å². The van der Waals surface area contributed by atoms with Crippen LogP contribution in [0.1, 0.15) is 31.1 Å². The smallest absolute Gasteiger partial charge is 0.317 e. The van der Waals surface area contributed by atoms with Gasteiger partial charge in [-0.2, -0.15) is 0 Å². The van der Waals surface area contributed by atoms with Gasteiger partial charge in [0.2, 0.25) is 0 Å². The first-order valence-corrected chi connectivity index (χ1v) is 9.61. The molecule has 1 aromatic heterocycles. The molecule has 0 spiro atoms. The van der Waals surface area contributed by atoms with Gasteiger partial charge in [-0.25, -0.2) is 4.79 Å². The zero-order valence-corrected chi connectivity index (χ0v) is 15.9. The lowest BCUT2D eigenvalue weighted by Crippen LogP contribution is -2.39. The van der Waals surface area contributed by atoms with Crippen LogP contribution in [-0.2, 0) is 6.54 Å². The van der Waals surface area contributed by atoms with Crippen molar-refractivity contribution in [2.75, 3.05) is 33.2 Å². The topological polar surface area (TPSA) is 35.6 Å². The van der Waals surface area contributed by atoms with Crippen molar-refractivity contribution in [2.24, 2.45) is 5.92 Å². The van der Waals surface area contributed by atoms with Gasteiger partial charge in [0.1, 0.15) is 0 Å². The second kappa shape index (κ2) is 8.89. The third kappa shape index (κ3) is 5.89. The lowest BCUT2D eigenvalue weighted by Gasteiger charge is -2.30. The van der Waals surface area contributed by atoms with Gasteiger partial charge in [0.25, 0.3) is 0 Å². The van der Waals surface area contributed by atoms with E-state index in [1.165, 1.54) is 30.8 Å². The first kappa shape index (κ1) is 17.8. The summed E-state index contributed by atoms with van der Waals surface area (Å²) in [7, 11) is 1.84. The number of nitrogens with one attached hydrogen (secondary N) is 1. The molecule has 0 aliphatic carbocycles. The van der Waals surface area contributed by atoms with Crippen molar-refractivity contribution < 1.29 is 4.79 Å². The summed E-state index contributed by atoms with van der Waals surface area (Å²) in [6.07, 6.45) is 3.65. The highest BCUT2D eigenvalue weighted by Crippen LogP contribution is 2.22. The van der Waals surface area contributed by atoms with Gasteiger partial charge in [-0.05, 0) is 72.9 Å². The number of halogens is 1. The number of hydrogen-bond donors (Lipinski definition) is 1. The second-order valence-electron chi connectivity index (χ2n) is 6.17. The number of piperidine rings is 1. The van der Waals surface area contributed by atoms with E-state index in [4.69, 9.17) is 0 Å². The van der Waals surface area contributed by atoms with E-state index in [1.807, 2.05) is 13.1 Å². The molecule has 1 fully saturated rings. The molecule has 2 rings (SSSR count). The lowest BCUT2D eigenvalue weighted by molar-refractivity contribution is 0.187. The second-order valence-corrected chi connectivity index (χ2v) is 8.72. The molecule has 0 unspecified atom stereocenters. The average Bonchev–Trinajstić information content (AvgIpc) is 2.90. The van der Waals surface area contributed by atoms with Crippen molar-refractivity contribution in [1.82, 2.24) is 15.1 Å². The molecule has 2 amide bonds. The number of rotatable bonds is 6. The van der Waals surface area contributed by atoms with Crippen LogP contribution < -0.4 is 5.32 Å². The lowest BCUT2D eigenvalue weighted by atomic mass is 9.99. The molecule has 1 aliphatic heterocycles. The van der Waals surface area contributed by atoms with E-state index in [0.29, 0.717) is 6.54 Å². The monoisotopic (exact) mass is 387 g/mol. The molecule has 1 aromatic rings. The molecule has 4 nitrogen and oxygen atoms in total. The number of amides is 2. The standard InChI is InChI=1S/C16H26BrN3OS/c1-13-6-10-20(11-7-13)9-3-8-18-16(21)19(2)12-14-4-5-15(17)22-14/h4-5,13H,3,6-12H2,1-2H3,(H,18,21). The summed E-state index contributed by atoms with van der Waals surface area (Å²) in [6.45, 7) is 7.26. The number of urea groups is 1. The Bertz CT molecular complexity index is 472. The minimum Gasteiger partial charge on any atom is -0.338 e. The van der Waals surface area contributed by atoms with Crippen LogP contribution in [-0.4, -0.2) is 49.1 Å². The molecule has 0 atom stereocenters. The maximum Gasteiger partial charge on any atom is 0.317 e. The molecule has 1 saturated heterocycles. The maximum absolute atomic E-state index is 12.0. The summed E-state index contributed by atoms with van der Waals surface area (Å²) in [4.78, 5) is 17.5. The van der Waals surface area contributed by atoms with Gasteiger partial charge in [0, 0.05) is 18.5 Å². The highest BCUT2D eigenvalue weighted by Gasteiger charge is 2.15. The highest BCUT2D eigenvalue weighted by molar-refractivity contribution is 9.11. The Morgan fingerprint density at radius 1 is 1.45 bits per heavy atom. The predicted octanol–water partition coefficient (Wildman–Crippen LogP) is 3.77. The quantitative estimate of drug-likeness (QED) is 0.753. The first-order valence-electron chi connectivity index (χ1n) is 8.00. The molecular weight excluding hydrogens is 362 g/mol. The third-order valence-corrected chi connectivity index (χ3v) is 5.78. The fraction of sp³-hybridized carbons (Fsp3) is 0.688. The number of thiophene rings is 1.